The van der Waals surface area contributed by atoms with Gasteiger partial charge in [0.25, 0.3) is 0 Å². The number of hydrogen-bond acceptors (Lipinski definition) is 3. The molecule has 0 spiro atoms. The third-order valence-corrected chi connectivity index (χ3v) is 4.79. The summed E-state index contributed by atoms with van der Waals surface area (Å²) in [4.78, 5) is 16.7. The van der Waals surface area contributed by atoms with E-state index in [2.05, 4.69) is 10.2 Å². The van der Waals surface area contributed by atoms with E-state index in [0.29, 0.717) is 13.1 Å². The fraction of sp³-hybridized carbons (Fsp3) is 0.190. The molecule has 0 aliphatic carbocycles. The predicted octanol–water partition coefficient (Wildman–Crippen LogP) is 3.90. The number of hydrogen-bond donors (Lipinski definition) is 2. The van der Waals surface area contributed by atoms with E-state index < -0.39 is 0 Å². The largest absolute Gasteiger partial charge is 0.508 e. The summed E-state index contributed by atoms with van der Waals surface area (Å²) in [5, 5.41) is 14.8. The van der Waals surface area contributed by atoms with E-state index in [1.54, 1.807) is 12.1 Å². The van der Waals surface area contributed by atoms with Gasteiger partial charge in [0.15, 0.2) is 0 Å². The summed E-state index contributed by atoms with van der Waals surface area (Å²) in [6.45, 7) is 2.78. The van der Waals surface area contributed by atoms with E-state index >= 15 is 0 Å². The fourth-order valence-corrected chi connectivity index (χ4v) is 3.39. The lowest BCUT2D eigenvalue weighted by Gasteiger charge is -2.36. The molecule has 26 heavy (non-hydrogen) atoms. The highest BCUT2D eigenvalue weighted by atomic mass is 16.3. The minimum absolute atomic E-state index is 0.0723. The molecule has 0 radical (unpaired) electrons. The minimum atomic E-state index is -0.0723. The number of carbonyl (C=O) groups is 1. The van der Waals surface area contributed by atoms with E-state index in [4.69, 9.17) is 0 Å². The molecule has 2 N–H and O–H groups in total. The van der Waals surface area contributed by atoms with E-state index in [1.807, 2.05) is 59.5 Å². The average molecular weight is 347 g/mol. The Morgan fingerprint density at radius 3 is 2.42 bits per heavy atom. The molecular weight excluding hydrogens is 326 g/mol. The highest BCUT2D eigenvalue weighted by Crippen LogP contribution is 2.24. The number of aromatic hydroxyl groups is 1. The number of carbonyl (C=O) groups excluding carboxylic acids is 1. The normalized spacial score (nSPS) is 14.5. The van der Waals surface area contributed by atoms with Crippen molar-refractivity contribution < 1.29 is 9.90 Å². The van der Waals surface area contributed by atoms with Gasteiger partial charge in [-0.25, -0.2) is 4.79 Å². The minimum Gasteiger partial charge on any atom is -0.508 e. The highest BCUT2D eigenvalue weighted by molar-refractivity contribution is 6.01. The van der Waals surface area contributed by atoms with Gasteiger partial charge in [-0.05, 0) is 23.6 Å². The molecule has 132 valence electrons. The summed E-state index contributed by atoms with van der Waals surface area (Å²) in [5.41, 5.74) is 1.82. The molecule has 0 atom stereocenters. The molecule has 0 aromatic heterocycles. The Bertz CT molecular complexity index is 928. The second-order valence-corrected chi connectivity index (χ2v) is 6.45. The number of amides is 2. The van der Waals surface area contributed by atoms with Crippen LogP contribution in [0.15, 0.2) is 66.7 Å². The van der Waals surface area contributed by atoms with Crippen LogP contribution in [0.3, 0.4) is 0 Å². The molecule has 0 bridgehead atoms. The Labute approximate surface area is 152 Å². The van der Waals surface area contributed by atoms with Gasteiger partial charge in [-0.2, -0.15) is 0 Å². The van der Waals surface area contributed by atoms with Crippen LogP contribution in [0.25, 0.3) is 10.8 Å². The van der Waals surface area contributed by atoms with Gasteiger partial charge < -0.3 is 20.2 Å². The summed E-state index contributed by atoms with van der Waals surface area (Å²) in [6.07, 6.45) is 0. The van der Waals surface area contributed by atoms with Crippen molar-refractivity contribution in [2.24, 2.45) is 0 Å². The second-order valence-electron chi connectivity index (χ2n) is 6.45. The van der Waals surface area contributed by atoms with Crippen LogP contribution in [0.1, 0.15) is 0 Å². The van der Waals surface area contributed by atoms with Crippen LogP contribution in [0.2, 0.25) is 0 Å². The zero-order valence-electron chi connectivity index (χ0n) is 14.4. The summed E-state index contributed by atoms with van der Waals surface area (Å²) >= 11 is 0. The molecule has 1 fully saturated rings. The van der Waals surface area contributed by atoms with Crippen LogP contribution in [0.5, 0.6) is 5.75 Å². The number of phenolic OH excluding ortho intramolecular Hbond substituents is 1. The lowest BCUT2D eigenvalue weighted by Crippen LogP contribution is -2.50. The van der Waals surface area contributed by atoms with Gasteiger partial charge in [0.05, 0.1) is 5.69 Å². The molecule has 1 saturated heterocycles. The number of nitrogens with zero attached hydrogens (tertiary/aromatic N) is 2. The Hall–Kier alpha value is -3.21. The van der Waals surface area contributed by atoms with Crippen LogP contribution >= 0.6 is 0 Å². The zero-order valence-corrected chi connectivity index (χ0v) is 14.4. The summed E-state index contributed by atoms with van der Waals surface area (Å²) in [6, 6.07) is 21.1. The van der Waals surface area contributed by atoms with Gasteiger partial charge >= 0.3 is 6.03 Å². The number of fused-ring (bicyclic) bond motifs is 1. The Kier molecular flexibility index (Phi) is 4.35. The summed E-state index contributed by atoms with van der Waals surface area (Å²) < 4.78 is 0. The number of benzene rings is 3. The van der Waals surface area contributed by atoms with Crippen molar-refractivity contribution in [3.63, 3.8) is 0 Å². The Morgan fingerprint density at radius 1 is 0.885 bits per heavy atom. The molecule has 1 heterocycles. The number of piperazine rings is 1. The predicted molar refractivity (Wildman–Crippen MR) is 105 cm³/mol. The fourth-order valence-electron chi connectivity index (χ4n) is 3.39. The van der Waals surface area contributed by atoms with Gasteiger partial charge in [-0.1, -0.05) is 42.5 Å². The molecule has 5 nitrogen and oxygen atoms in total. The number of anilines is 2. The molecule has 3 aromatic carbocycles. The van der Waals surface area contributed by atoms with E-state index in [0.717, 1.165) is 35.2 Å². The maximum absolute atomic E-state index is 12.7. The van der Waals surface area contributed by atoms with Crippen molar-refractivity contribution in [1.29, 1.82) is 0 Å². The topological polar surface area (TPSA) is 55.8 Å². The maximum atomic E-state index is 12.7. The van der Waals surface area contributed by atoms with Crippen molar-refractivity contribution in [2.45, 2.75) is 0 Å². The SMILES string of the molecule is O=C(Nc1cccc2ccccc12)N1CCN(c2cccc(O)c2)CC1. The second kappa shape index (κ2) is 6.96. The van der Waals surface area contributed by atoms with Gasteiger partial charge in [0.1, 0.15) is 5.75 Å². The van der Waals surface area contributed by atoms with Crippen LogP contribution in [-0.2, 0) is 0 Å². The molecular formula is C21H21N3O2. The summed E-state index contributed by atoms with van der Waals surface area (Å²) in [5.74, 6) is 0.263. The van der Waals surface area contributed by atoms with Crippen molar-refractivity contribution in [2.75, 3.05) is 36.4 Å². The lowest BCUT2D eigenvalue weighted by molar-refractivity contribution is 0.208. The van der Waals surface area contributed by atoms with Crippen LogP contribution in [0.4, 0.5) is 16.2 Å². The molecule has 0 unspecified atom stereocenters. The third kappa shape index (κ3) is 3.28. The van der Waals surface area contributed by atoms with E-state index in [1.165, 1.54) is 0 Å². The van der Waals surface area contributed by atoms with Crippen LogP contribution in [0, 0.1) is 0 Å². The molecule has 5 heteroatoms. The van der Waals surface area contributed by atoms with Crippen molar-refractivity contribution in [1.82, 2.24) is 4.90 Å². The number of nitrogens with one attached hydrogen (secondary N) is 1. The first-order valence-electron chi connectivity index (χ1n) is 8.78. The van der Waals surface area contributed by atoms with Gasteiger partial charge in [-0.15, -0.1) is 0 Å². The highest BCUT2D eigenvalue weighted by Gasteiger charge is 2.21. The van der Waals surface area contributed by atoms with Gasteiger partial charge in [0.2, 0.25) is 0 Å². The Balaban J connectivity index is 1.42. The van der Waals surface area contributed by atoms with Crippen molar-refractivity contribution in [3.05, 3.63) is 66.7 Å². The van der Waals surface area contributed by atoms with Gasteiger partial charge in [-0.3, -0.25) is 0 Å². The lowest BCUT2D eigenvalue weighted by atomic mass is 10.1. The first-order chi connectivity index (χ1) is 12.7. The number of phenols is 1. The van der Waals surface area contributed by atoms with Crippen molar-refractivity contribution >= 4 is 28.2 Å². The average Bonchev–Trinajstić information content (AvgIpc) is 2.68. The Morgan fingerprint density at radius 2 is 1.62 bits per heavy atom. The smallest absolute Gasteiger partial charge is 0.321 e. The monoisotopic (exact) mass is 347 g/mol. The van der Waals surface area contributed by atoms with Crippen LogP contribution in [-0.4, -0.2) is 42.2 Å². The molecule has 0 saturated carbocycles. The van der Waals surface area contributed by atoms with Crippen molar-refractivity contribution in [3.8, 4) is 5.75 Å². The molecule has 4 rings (SSSR count). The zero-order chi connectivity index (χ0) is 17.9. The maximum Gasteiger partial charge on any atom is 0.321 e. The molecule has 3 aromatic rings. The number of rotatable bonds is 2. The quantitative estimate of drug-likeness (QED) is 0.739. The molecule has 1 aliphatic heterocycles. The standard InChI is InChI=1S/C21H21N3O2/c25-18-8-4-7-17(15-18)23-11-13-24(14-12-23)21(26)22-20-10-3-6-16-5-1-2-9-19(16)20/h1-10,15,25H,11-14H2,(H,22,26). The van der Waals surface area contributed by atoms with Crippen LogP contribution < -0.4 is 10.2 Å². The van der Waals surface area contributed by atoms with E-state index in [-0.39, 0.29) is 11.8 Å². The first kappa shape index (κ1) is 16.3. The number of urea groups is 1. The summed E-state index contributed by atoms with van der Waals surface area (Å²) in [7, 11) is 0. The molecule has 1 aliphatic rings. The van der Waals surface area contributed by atoms with Gasteiger partial charge in [0, 0.05) is 43.3 Å². The first-order valence-corrected chi connectivity index (χ1v) is 8.78. The third-order valence-electron chi connectivity index (χ3n) is 4.79. The molecule has 2 amide bonds. The van der Waals surface area contributed by atoms with E-state index in [9.17, 15) is 9.90 Å².